The van der Waals surface area contributed by atoms with Crippen molar-refractivity contribution >= 4 is 0 Å². The summed E-state index contributed by atoms with van der Waals surface area (Å²) in [5.41, 5.74) is 3.49. The van der Waals surface area contributed by atoms with Gasteiger partial charge in [-0.3, -0.25) is 0 Å². The number of nitrogens with one attached hydrogen (secondary N) is 1. The van der Waals surface area contributed by atoms with Crippen molar-refractivity contribution < 1.29 is 9.94 Å². The summed E-state index contributed by atoms with van der Waals surface area (Å²) in [4.78, 5) is 4.93. The lowest BCUT2D eigenvalue weighted by molar-refractivity contribution is 0.0601. The van der Waals surface area contributed by atoms with E-state index in [0.717, 1.165) is 5.56 Å². The topological polar surface area (TPSA) is 41.5 Å². The van der Waals surface area contributed by atoms with Crippen LogP contribution in [-0.2, 0) is 11.3 Å². The Morgan fingerprint density at radius 1 is 1.42 bits per heavy atom. The monoisotopic (exact) mass is 167 g/mol. The second-order valence-electron chi connectivity index (χ2n) is 2.43. The highest BCUT2D eigenvalue weighted by Crippen LogP contribution is 2.15. The quantitative estimate of drug-likeness (QED) is 0.521. The van der Waals surface area contributed by atoms with E-state index in [-0.39, 0.29) is 0 Å². The zero-order chi connectivity index (χ0) is 8.81. The van der Waals surface area contributed by atoms with Crippen LogP contribution in [-0.4, -0.2) is 18.8 Å². The first-order chi connectivity index (χ1) is 5.84. The fourth-order valence-corrected chi connectivity index (χ4v) is 0.985. The Kier molecular flexibility index (Phi) is 3.57. The lowest BCUT2D eigenvalue weighted by Gasteiger charge is -2.03. The van der Waals surface area contributed by atoms with E-state index in [2.05, 4.69) is 5.48 Å². The van der Waals surface area contributed by atoms with Gasteiger partial charge in [0.25, 0.3) is 0 Å². The van der Waals surface area contributed by atoms with Crippen molar-refractivity contribution in [2.45, 2.75) is 6.42 Å². The predicted molar refractivity (Wildman–Crippen MR) is 46.8 cm³/mol. The van der Waals surface area contributed by atoms with E-state index in [1.807, 2.05) is 12.1 Å². The smallest absolute Gasteiger partial charge is 0.118 e. The van der Waals surface area contributed by atoms with E-state index < -0.39 is 0 Å². The van der Waals surface area contributed by atoms with Gasteiger partial charge < -0.3 is 9.94 Å². The molecule has 0 unspecified atom stereocenters. The molecule has 1 aromatic carbocycles. The van der Waals surface area contributed by atoms with E-state index in [4.69, 9.17) is 4.84 Å². The largest absolute Gasteiger partial charge is 0.508 e. The molecule has 0 fully saturated rings. The molecule has 0 saturated carbocycles. The summed E-state index contributed by atoms with van der Waals surface area (Å²) in [5, 5.41) is 9.33. The third kappa shape index (κ3) is 2.53. The molecule has 66 valence electrons. The third-order valence-corrected chi connectivity index (χ3v) is 1.61. The average Bonchev–Trinajstić information content (AvgIpc) is 2.09. The number of hydrogen-bond donors (Lipinski definition) is 2. The van der Waals surface area contributed by atoms with Gasteiger partial charge >= 0.3 is 0 Å². The molecule has 0 bridgehead atoms. The molecule has 1 rings (SSSR count). The number of hydroxylamine groups is 1. The van der Waals surface area contributed by atoms with Crippen LogP contribution in [0.1, 0.15) is 5.56 Å². The molecule has 2 N–H and O–H groups in total. The number of hydrogen-bond acceptors (Lipinski definition) is 3. The van der Waals surface area contributed by atoms with Gasteiger partial charge in [0.05, 0.1) is 6.61 Å². The van der Waals surface area contributed by atoms with Crippen LogP contribution < -0.4 is 5.48 Å². The van der Waals surface area contributed by atoms with E-state index in [9.17, 15) is 5.11 Å². The minimum absolute atomic E-state index is 0.331. The highest BCUT2D eigenvalue weighted by atomic mass is 16.6. The van der Waals surface area contributed by atoms with Gasteiger partial charge in [0.15, 0.2) is 0 Å². The first-order valence-corrected chi connectivity index (χ1v) is 3.90. The summed E-state index contributed by atoms with van der Waals surface area (Å²) in [6.45, 7) is 0.564. The van der Waals surface area contributed by atoms with Gasteiger partial charge in [-0.15, -0.1) is 0 Å². The van der Waals surface area contributed by atoms with Gasteiger partial charge in [0, 0.05) is 13.5 Å². The molecular formula is C9H13NO2. The molecule has 0 aromatic heterocycles. The van der Waals surface area contributed by atoms with Crippen molar-refractivity contribution in [2.75, 3.05) is 13.7 Å². The number of phenolic OH excluding ortho intramolecular Hbond substituents is 1. The van der Waals surface area contributed by atoms with Crippen molar-refractivity contribution in [2.24, 2.45) is 0 Å². The lowest BCUT2D eigenvalue weighted by Crippen LogP contribution is -2.09. The molecule has 0 saturated heterocycles. The van der Waals surface area contributed by atoms with E-state index in [1.54, 1.807) is 19.2 Å². The van der Waals surface area contributed by atoms with Crippen molar-refractivity contribution in [3.63, 3.8) is 0 Å². The Morgan fingerprint density at radius 3 is 2.83 bits per heavy atom. The number of benzene rings is 1. The summed E-state index contributed by atoms with van der Waals surface area (Å²) >= 11 is 0. The van der Waals surface area contributed by atoms with Crippen LogP contribution in [0.15, 0.2) is 24.3 Å². The summed E-state index contributed by atoms with van der Waals surface area (Å²) in [7, 11) is 1.71. The average molecular weight is 167 g/mol. The zero-order valence-corrected chi connectivity index (χ0v) is 7.08. The third-order valence-electron chi connectivity index (χ3n) is 1.61. The van der Waals surface area contributed by atoms with Crippen LogP contribution in [0.25, 0.3) is 0 Å². The van der Waals surface area contributed by atoms with Gasteiger partial charge in [-0.2, -0.15) is 0 Å². The number of aromatic hydroxyl groups is 1. The molecule has 0 amide bonds. The minimum Gasteiger partial charge on any atom is -0.508 e. The number of phenols is 1. The molecule has 0 heterocycles. The van der Waals surface area contributed by atoms with Crippen LogP contribution in [0.2, 0.25) is 0 Å². The fraction of sp³-hybridized carbons (Fsp3) is 0.333. The first kappa shape index (κ1) is 9.03. The highest BCUT2D eigenvalue weighted by Gasteiger charge is 1.97. The lowest BCUT2D eigenvalue weighted by atomic mass is 10.1. The Hall–Kier alpha value is -1.06. The molecule has 0 radical (unpaired) electrons. The molecule has 12 heavy (non-hydrogen) atoms. The Balaban J connectivity index is 2.46. The first-order valence-electron chi connectivity index (χ1n) is 3.90. The Labute approximate surface area is 71.9 Å². The maximum Gasteiger partial charge on any atom is 0.118 e. The molecule has 3 nitrogen and oxygen atoms in total. The SMILES string of the molecule is CNOCCc1ccccc1O. The van der Waals surface area contributed by atoms with E-state index >= 15 is 0 Å². The molecule has 1 aromatic rings. The summed E-state index contributed by atoms with van der Waals surface area (Å²) in [6.07, 6.45) is 0.716. The van der Waals surface area contributed by atoms with Crippen LogP contribution in [0.4, 0.5) is 0 Å². The second kappa shape index (κ2) is 4.74. The minimum atomic E-state index is 0.331. The van der Waals surface area contributed by atoms with Crippen LogP contribution >= 0.6 is 0 Å². The molecule has 0 aliphatic heterocycles. The Bertz CT molecular complexity index is 238. The predicted octanol–water partition coefficient (Wildman–Crippen LogP) is 1.09. The Morgan fingerprint density at radius 2 is 2.17 bits per heavy atom. The second-order valence-corrected chi connectivity index (χ2v) is 2.43. The maximum atomic E-state index is 9.33. The zero-order valence-electron chi connectivity index (χ0n) is 7.08. The summed E-state index contributed by atoms with van der Waals surface area (Å²) in [6, 6.07) is 7.26. The van der Waals surface area contributed by atoms with E-state index in [0.29, 0.717) is 18.8 Å². The van der Waals surface area contributed by atoms with Crippen LogP contribution in [0.5, 0.6) is 5.75 Å². The van der Waals surface area contributed by atoms with E-state index in [1.165, 1.54) is 0 Å². The summed E-state index contributed by atoms with van der Waals surface area (Å²) < 4.78 is 0. The van der Waals surface area contributed by atoms with Gasteiger partial charge in [-0.1, -0.05) is 18.2 Å². The normalized spacial score (nSPS) is 10.1. The molecule has 3 heteroatoms. The van der Waals surface area contributed by atoms with Gasteiger partial charge in [0.1, 0.15) is 5.75 Å². The van der Waals surface area contributed by atoms with Crippen LogP contribution in [0, 0.1) is 0 Å². The van der Waals surface area contributed by atoms with Crippen molar-refractivity contribution in [1.82, 2.24) is 5.48 Å². The summed E-state index contributed by atoms with van der Waals surface area (Å²) in [5.74, 6) is 0.331. The number of para-hydroxylation sites is 1. The van der Waals surface area contributed by atoms with Crippen molar-refractivity contribution in [1.29, 1.82) is 0 Å². The van der Waals surface area contributed by atoms with Crippen molar-refractivity contribution in [3.8, 4) is 5.75 Å². The van der Waals surface area contributed by atoms with Crippen LogP contribution in [0.3, 0.4) is 0 Å². The van der Waals surface area contributed by atoms with Gasteiger partial charge in [-0.25, -0.2) is 5.48 Å². The molecule has 0 aliphatic rings. The molecular weight excluding hydrogens is 154 g/mol. The molecule has 0 atom stereocenters. The van der Waals surface area contributed by atoms with Crippen molar-refractivity contribution in [3.05, 3.63) is 29.8 Å². The molecule has 0 aliphatic carbocycles. The van der Waals surface area contributed by atoms with Gasteiger partial charge in [-0.05, 0) is 11.6 Å². The van der Waals surface area contributed by atoms with Gasteiger partial charge in [0.2, 0.25) is 0 Å². The highest BCUT2D eigenvalue weighted by molar-refractivity contribution is 5.31. The fourth-order valence-electron chi connectivity index (χ4n) is 0.985. The standard InChI is InChI=1S/C9H13NO2/c1-10-12-7-6-8-4-2-3-5-9(8)11/h2-5,10-11H,6-7H2,1H3. The maximum absolute atomic E-state index is 9.33. The molecule has 0 spiro atoms. The number of rotatable bonds is 4.